The topological polar surface area (TPSA) is 54.7 Å². The van der Waals surface area contributed by atoms with Gasteiger partial charge < -0.3 is 5.73 Å². The van der Waals surface area contributed by atoms with Crippen molar-refractivity contribution in [2.45, 2.75) is 25.8 Å². The van der Waals surface area contributed by atoms with Crippen LogP contribution >= 0.6 is 0 Å². The summed E-state index contributed by atoms with van der Waals surface area (Å²) in [7, 11) is 0. The SMILES string of the molecule is CCCC(N)C#Cc1cn[nH]c1. The molecule has 0 aliphatic heterocycles. The molecule has 1 aromatic heterocycles. The Morgan fingerprint density at radius 2 is 2.58 bits per heavy atom. The molecule has 0 fully saturated rings. The van der Waals surface area contributed by atoms with Gasteiger partial charge >= 0.3 is 0 Å². The van der Waals surface area contributed by atoms with Crippen molar-refractivity contribution in [1.29, 1.82) is 0 Å². The molecule has 1 aromatic rings. The van der Waals surface area contributed by atoms with E-state index in [4.69, 9.17) is 5.73 Å². The molecule has 1 atom stereocenters. The molecule has 0 aliphatic carbocycles. The number of hydrogen-bond acceptors (Lipinski definition) is 2. The Kier molecular flexibility index (Phi) is 3.36. The fraction of sp³-hybridized carbons (Fsp3) is 0.444. The first-order chi connectivity index (χ1) is 5.83. The van der Waals surface area contributed by atoms with Gasteiger partial charge in [-0.15, -0.1) is 0 Å². The van der Waals surface area contributed by atoms with E-state index >= 15 is 0 Å². The number of hydrogen-bond donors (Lipinski definition) is 2. The van der Waals surface area contributed by atoms with Gasteiger partial charge in [-0.2, -0.15) is 5.10 Å². The van der Waals surface area contributed by atoms with Crippen LogP contribution in [0.2, 0.25) is 0 Å². The number of nitrogens with zero attached hydrogens (tertiary/aromatic N) is 1. The number of H-pyrrole nitrogens is 1. The lowest BCUT2D eigenvalue weighted by Crippen LogP contribution is -2.16. The molecule has 0 amide bonds. The number of rotatable bonds is 2. The van der Waals surface area contributed by atoms with E-state index < -0.39 is 0 Å². The molecule has 1 heterocycles. The Hall–Kier alpha value is -1.27. The van der Waals surface area contributed by atoms with Crippen molar-refractivity contribution in [1.82, 2.24) is 10.2 Å². The van der Waals surface area contributed by atoms with Crippen LogP contribution in [-0.4, -0.2) is 16.2 Å². The van der Waals surface area contributed by atoms with E-state index in [2.05, 4.69) is 29.0 Å². The fourth-order valence-corrected chi connectivity index (χ4v) is 0.878. The molecule has 0 saturated heterocycles. The standard InChI is InChI=1S/C9H13N3/c1-2-3-9(10)5-4-8-6-11-12-7-8/h6-7,9H,2-3,10H2,1H3,(H,11,12). The molecule has 3 heteroatoms. The second kappa shape index (κ2) is 4.58. The van der Waals surface area contributed by atoms with E-state index in [-0.39, 0.29) is 6.04 Å². The van der Waals surface area contributed by atoms with Crippen LogP contribution in [0.25, 0.3) is 0 Å². The van der Waals surface area contributed by atoms with Crippen LogP contribution in [-0.2, 0) is 0 Å². The molecule has 1 unspecified atom stereocenters. The van der Waals surface area contributed by atoms with Crippen LogP contribution in [0.4, 0.5) is 0 Å². The molecule has 0 radical (unpaired) electrons. The van der Waals surface area contributed by atoms with Crippen molar-refractivity contribution in [2.24, 2.45) is 5.73 Å². The first-order valence-corrected chi connectivity index (χ1v) is 4.09. The maximum atomic E-state index is 5.70. The second-order valence-corrected chi connectivity index (χ2v) is 2.65. The predicted molar refractivity (Wildman–Crippen MR) is 48.3 cm³/mol. The van der Waals surface area contributed by atoms with Crippen LogP contribution < -0.4 is 5.73 Å². The Labute approximate surface area is 72.4 Å². The van der Waals surface area contributed by atoms with Crippen LogP contribution in [0.1, 0.15) is 25.3 Å². The molecule has 0 bridgehead atoms. The molecule has 3 nitrogen and oxygen atoms in total. The summed E-state index contributed by atoms with van der Waals surface area (Å²) in [4.78, 5) is 0. The van der Waals surface area contributed by atoms with Gasteiger partial charge in [-0.1, -0.05) is 25.2 Å². The molecular weight excluding hydrogens is 150 g/mol. The third kappa shape index (κ3) is 2.77. The number of aromatic nitrogens is 2. The van der Waals surface area contributed by atoms with Gasteiger partial charge in [0.05, 0.1) is 17.8 Å². The molecule has 0 aliphatic rings. The summed E-state index contributed by atoms with van der Waals surface area (Å²) < 4.78 is 0. The van der Waals surface area contributed by atoms with Gasteiger partial charge in [-0.3, -0.25) is 5.10 Å². The van der Waals surface area contributed by atoms with Crippen LogP contribution in [0, 0.1) is 11.8 Å². The summed E-state index contributed by atoms with van der Waals surface area (Å²) in [6.45, 7) is 2.10. The van der Waals surface area contributed by atoms with E-state index in [1.54, 1.807) is 12.4 Å². The maximum Gasteiger partial charge on any atom is 0.0668 e. The van der Waals surface area contributed by atoms with E-state index in [9.17, 15) is 0 Å². The zero-order valence-electron chi connectivity index (χ0n) is 7.17. The molecule has 3 N–H and O–H groups in total. The number of aromatic amines is 1. The zero-order valence-corrected chi connectivity index (χ0v) is 7.17. The molecule has 0 aromatic carbocycles. The van der Waals surface area contributed by atoms with Gasteiger partial charge in [0.2, 0.25) is 0 Å². The minimum absolute atomic E-state index is 0.00935. The van der Waals surface area contributed by atoms with Crippen molar-refractivity contribution in [3.63, 3.8) is 0 Å². The van der Waals surface area contributed by atoms with E-state index in [1.165, 1.54) is 0 Å². The quantitative estimate of drug-likeness (QED) is 0.636. The predicted octanol–water partition coefficient (Wildman–Crippen LogP) is 0.889. The van der Waals surface area contributed by atoms with Crippen molar-refractivity contribution < 1.29 is 0 Å². The van der Waals surface area contributed by atoms with E-state index in [0.29, 0.717) is 0 Å². The average molecular weight is 163 g/mol. The van der Waals surface area contributed by atoms with Gasteiger partial charge in [0, 0.05) is 6.20 Å². The van der Waals surface area contributed by atoms with Gasteiger partial charge in [-0.05, 0) is 6.42 Å². The van der Waals surface area contributed by atoms with Gasteiger partial charge in [0.1, 0.15) is 0 Å². The largest absolute Gasteiger partial charge is 0.318 e. The summed E-state index contributed by atoms with van der Waals surface area (Å²) in [6, 6.07) is -0.00935. The first kappa shape index (κ1) is 8.82. The minimum Gasteiger partial charge on any atom is -0.318 e. The fourth-order valence-electron chi connectivity index (χ4n) is 0.878. The number of nitrogens with two attached hydrogens (primary N) is 1. The molecule has 0 saturated carbocycles. The van der Waals surface area contributed by atoms with Crippen LogP contribution in [0.3, 0.4) is 0 Å². The monoisotopic (exact) mass is 163 g/mol. The van der Waals surface area contributed by atoms with Crippen molar-refractivity contribution in [2.75, 3.05) is 0 Å². The summed E-state index contributed by atoms with van der Waals surface area (Å²) in [6.07, 6.45) is 5.46. The highest BCUT2D eigenvalue weighted by Gasteiger charge is 1.93. The minimum atomic E-state index is -0.00935. The summed E-state index contributed by atoms with van der Waals surface area (Å²) in [5.74, 6) is 5.89. The average Bonchev–Trinajstić information content (AvgIpc) is 2.53. The highest BCUT2D eigenvalue weighted by molar-refractivity contribution is 5.30. The third-order valence-electron chi connectivity index (χ3n) is 1.50. The normalized spacial score (nSPS) is 11.8. The molecule has 12 heavy (non-hydrogen) atoms. The smallest absolute Gasteiger partial charge is 0.0668 e. The molecule has 1 rings (SSSR count). The summed E-state index contributed by atoms with van der Waals surface area (Å²) in [5.41, 5.74) is 6.59. The third-order valence-corrected chi connectivity index (χ3v) is 1.50. The molecule has 0 spiro atoms. The Bertz CT molecular complexity index is 266. The van der Waals surface area contributed by atoms with Crippen molar-refractivity contribution >= 4 is 0 Å². The molecular formula is C9H13N3. The van der Waals surface area contributed by atoms with Crippen LogP contribution in [0.15, 0.2) is 12.4 Å². The van der Waals surface area contributed by atoms with Gasteiger partial charge in [0.25, 0.3) is 0 Å². The summed E-state index contributed by atoms with van der Waals surface area (Å²) >= 11 is 0. The number of nitrogens with one attached hydrogen (secondary N) is 1. The Morgan fingerprint density at radius 3 is 3.17 bits per heavy atom. The highest BCUT2D eigenvalue weighted by atomic mass is 15.1. The summed E-state index contributed by atoms with van der Waals surface area (Å²) in [5, 5.41) is 6.47. The molecule has 64 valence electrons. The van der Waals surface area contributed by atoms with Crippen molar-refractivity contribution in [3.8, 4) is 11.8 Å². The highest BCUT2D eigenvalue weighted by Crippen LogP contribution is 1.93. The Balaban J connectivity index is 2.48. The first-order valence-electron chi connectivity index (χ1n) is 4.09. The van der Waals surface area contributed by atoms with Gasteiger partial charge in [-0.25, -0.2) is 0 Å². The lowest BCUT2D eigenvalue weighted by molar-refractivity contribution is 0.720. The van der Waals surface area contributed by atoms with Gasteiger partial charge in [0.15, 0.2) is 0 Å². The van der Waals surface area contributed by atoms with E-state index in [1.807, 2.05) is 0 Å². The lowest BCUT2D eigenvalue weighted by atomic mass is 10.2. The van der Waals surface area contributed by atoms with E-state index in [0.717, 1.165) is 18.4 Å². The van der Waals surface area contributed by atoms with Crippen molar-refractivity contribution in [3.05, 3.63) is 18.0 Å². The Morgan fingerprint density at radius 1 is 1.75 bits per heavy atom. The van der Waals surface area contributed by atoms with Crippen LogP contribution in [0.5, 0.6) is 0 Å². The lowest BCUT2D eigenvalue weighted by Gasteiger charge is -1.97. The zero-order chi connectivity index (χ0) is 8.81. The maximum absolute atomic E-state index is 5.70. The second-order valence-electron chi connectivity index (χ2n) is 2.65.